The molecule has 1 heterocycles. The zero-order valence-corrected chi connectivity index (χ0v) is 7.63. The number of nitrogens with zero attached hydrogens (tertiary/aromatic N) is 1. The van der Waals surface area contributed by atoms with Crippen LogP contribution in [0.5, 0.6) is 0 Å². The number of amides is 1. The number of carbonyl (C=O) groups excluding carboxylic acids is 1. The molecule has 2 nitrogen and oxygen atoms in total. The van der Waals surface area contributed by atoms with Crippen molar-refractivity contribution in [3.8, 4) is 0 Å². The Labute approximate surface area is 68.6 Å². The molecular formula is C9H17NO. The van der Waals surface area contributed by atoms with E-state index in [0.717, 1.165) is 12.5 Å². The summed E-state index contributed by atoms with van der Waals surface area (Å²) in [5.74, 6) is 0.974. The third-order valence-electron chi connectivity index (χ3n) is 2.64. The summed E-state index contributed by atoms with van der Waals surface area (Å²) >= 11 is 0. The third-order valence-corrected chi connectivity index (χ3v) is 2.64. The van der Waals surface area contributed by atoms with Crippen molar-refractivity contribution in [3.05, 3.63) is 0 Å². The number of hydrogen-bond donors (Lipinski definition) is 0. The summed E-state index contributed by atoms with van der Waals surface area (Å²) in [6.45, 7) is 6.97. The Hall–Kier alpha value is -0.530. The molecular weight excluding hydrogens is 138 g/mol. The Morgan fingerprint density at radius 1 is 1.64 bits per heavy atom. The first-order chi connectivity index (χ1) is 5.15. The minimum absolute atomic E-state index is 0.230. The number of carbonyl (C=O) groups is 1. The van der Waals surface area contributed by atoms with E-state index in [-0.39, 0.29) is 5.91 Å². The molecule has 2 unspecified atom stereocenters. The predicted molar refractivity (Wildman–Crippen MR) is 45.2 cm³/mol. The molecule has 0 N–H and O–H groups in total. The van der Waals surface area contributed by atoms with Crippen LogP contribution in [0.25, 0.3) is 0 Å². The molecule has 0 aromatic carbocycles. The molecule has 2 atom stereocenters. The highest BCUT2D eigenvalue weighted by atomic mass is 16.2. The van der Waals surface area contributed by atoms with Crippen molar-refractivity contribution in [1.29, 1.82) is 0 Å². The van der Waals surface area contributed by atoms with Crippen LogP contribution in [0.2, 0.25) is 0 Å². The van der Waals surface area contributed by atoms with Crippen LogP contribution in [0, 0.1) is 5.92 Å². The minimum atomic E-state index is 0.230. The van der Waals surface area contributed by atoms with Gasteiger partial charge in [0, 0.05) is 19.5 Å². The number of rotatable bonds is 1. The molecule has 0 spiro atoms. The molecule has 0 bridgehead atoms. The first-order valence-corrected chi connectivity index (χ1v) is 4.42. The first kappa shape index (κ1) is 8.57. The topological polar surface area (TPSA) is 20.3 Å². The molecule has 1 fully saturated rings. The van der Waals surface area contributed by atoms with Gasteiger partial charge in [0.25, 0.3) is 0 Å². The van der Waals surface area contributed by atoms with Gasteiger partial charge in [0.05, 0.1) is 0 Å². The lowest BCUT2D eigenvalue weighted by molar-refractivity contribution is -0.129. The van der Waals surface area contributed by atoms with Crippen molar-refractivity contribution < 1.29 is 4.79 Å². The van der Waals surface area contributed by atoms with Gasteiger partial charge in [-0.1, -0.05) is 13.3 Å². The molecule has 0 radical (unpaired) electrons. The van der Waals surface area contributed by atoms with Crippen molar-refractivity contribution in [3.63, 3.8) is 0 Å². The average Bonchev–Trinajstić information content (AvgIpc) is 2.30. The normalized spacial score (nSPS) is 31.0. The molecule has 0 saturated carbocycles. The van der Waals surface area contributed by atoms with Crippen LogP contribution in [-0.4, -0.2) is 23.4 Å². The van der Waals surface area contributed by atoms with Gasteiger partial charge in [-0.2, -0.15) is 0 Å². The average molecular weight is 155 g/mol. The molecule has 2 heteroatoms. The fraction of sp³-hybridized carbons (Fsp3) is 0.889. The lowest BCUT2D eigenvalue weighted by Gasteiger charge is -2.18. The van der Waals surface area contributed by atoms with Gasteiger partial charge in [-0.25, -0.2) is 0 Å². The van der Waals surface area contributed by atoms with E-state index < -0.39 is 0 Å². The molecule has 1 aliphatic heterocycles. The van der Waals surface area contributed by atoms with Crippen molar-refractivity contribution in [2.45, 2.75) is 39.7 Å². The molecule has 0 aromatic rings. The summed E-state index contributed by atoms with van der Waals surface area (Å²) in [5.41, 5.74) is 0. The summed E-state index contributed by atoms with van der Waals surface area (Å²) in [4.78, 5) is 13.0. The molecule has 1 rings (SSSR count). The smallest absolute Gasteiger partial charge is 0.219 e. The Balaban J connectivity index is 2.51. The summed E-state index contributed by atoms with van der Waals surface area (Å²) in [7, 11) is 0. The quantitative estimate of drug-likeness (QED) is 0.564. The van der Waals surface area contributed by atoms with Gasteiger partial charge in [0.2, 0.25) is 5.91 Å². The van der Waals surface area contributed by atoms with E-state index in [1.165, 1.54) is 12.8 Å². The zero-order chi connectivity index (χ0) is 8.43. The lowest BCUT2D eigenvalue weighted by atomic mass is 10.0. The van der Waals surface area contributed by atoms with E-state index in [1.54, 1.807) is 6.92 Å². The maximum absolute atomic E-state index is 11.0. The second-order valence-corrected chi connectivity index (χ2v) is 3.53. The van der Waals surface area contributed by atoms with E-state index in [1.807, 2.05) is 4.90 Å². The van der Waals surface area contributed by atoms with E-state index in [0.29, 0.717) is 6.04 Å². The van der Waals surface area contributed by atoms with Crippen LogP contribution in [-0.2, 0) is 4.79 Å². The van der Waals surface area contributed by atoms with Crippen LogP contribution < -0.4 is 0 Å². The monoisotopic (exact) mass is 155 g/mol. The van der Waals surface area contributed by atoms with Gasteiger partial charge in [-0.05, 0) is 19.3 Å². The SMILES string of the molecule is CCC1CC(C)N(C(C)=O)C1. The van der Waals surface area contributed by atoms with Gasteiger partial charge in [-0.3, -0.25) is 4.79 Å². The summed E-state index contributed by atoms with van der Waals surface area (Å²) in [6.07, 6.45) is 2.39. The number of likely N-dealkylation sites (tertiary alicyclic amines) is 1. The second kappa shape index (κ2) is 3.24. The Morgan fingerprint density at radius 3 is 2.55 bits per heavy atom. The highest BCUT2D eigenvalue weighted by Crippen LogP contribution is 2.24. The zero-order valence-electron chi connectivity index (χ0n) is 7.63. The van der Waals surface area contributed by atoms with Crippen LogP contribution in [0.1, 0.15) is 33.6 Å². The highest BCUT2D eigenvalue weighted by molar-refractivity contribution is 5.73. The maximum atomic E-state index is 11.0. The highest BCUT2D eigenvalue weighted by Gasteiger charge is 2.28. The summed E-state index contributed by atoms with van der Waals surface area (Å²) < 4.78 is 0. The largest absolute Gasteiger partial charge is 0.340 e. The van der Waals surface area contributed by atoms with Gasteiger partial charge in [0.1, 0.15) is 0 Å². The van der Waals surface area contributed by atoms with E-state index in [2.05, 4.69) is 13.8 Å². The molecule has 64 valence electrons. The Kier molecular flexibility index (Phi) is 2.53. The fourth-order valence-electron chi connectivity index (χ4n) is 1.88. The molecule has 0 aromatic heterocycles. The van der Waals surface area contributed by atoms with Crippen molar-refractivity contribution in [2.24, 2.45) is 5.92 Å². The van der Waals surface area contributed by atoms with Gasteiger partial charge in [-0.15, -0.1) is 0 Å². The predicted octanol–water partition coefficient (Wildman–Crippen LogP) is 1.65. The molecule has 1 saturated heterocycles. The van der Waals surface area contributed by atoms with Crippen LogP contribution >= 0.6 is 0 Å². The van der Waals surface area contributed by atoms with Crippen molar-refractivity contribution in [2.75, 3.05) is 6.54 Å². The second-order valence-electron chi connectivity index (χ2n) is 3.53. The van der Waals surface area contributed by atoms with Crippen LogP contribution in [0.3, 0.4) is 0 Å². The van der Waals surface area contributed by atoms with Gasteiger partial charge in [0.15, 0.2) is 0 Å². The van der Waals surface area contributed by atoms with Crippen molar-refractivity contribution >= 4 is 5.91 Å². The maximum Gasteiger partial charge on any atom is 0.219 e. The third kappa shape index (κ3) is 1.73. The fourth-order valence-corrected chi connectivity index (χ4v) is 1.88. The van der Waals surface area contributed by atoms with Crippen LogP contribution in [0.15, 0.2) is 0 Å². The number of hydrogen-bond acceptors (Lipinski definition) is 1. The van der Waals surface area contributed by atoms with E-state index in [4.69, 9.17) is 0 Å². The summed E-state index contributed by atoms with van der Waals surface area (Å²) in [6, 6.07) is 0.470. The van der Waals surface area contributed by atoms with Crippen LogP contribution in [0.4, 0.5) is 0 Å². The molecule has 11 heavy (non-hydrogen) atoms. The summed E-state index contributed by atoms with van der Waals surface area (Å²) in [5, 5.41) is 0. The Bertz CT molecular complexity index is 156. The molecule has 0 aliphatic carbocycles. The lowest BCUT2D eigenvalue weighted by Crippen LogP contribution is -2.31. The minimum Gasteiger partial charge on any atom is -0.340 e. The molecule has 1 amide bonds. The van der Waals surface area contributed by atoms with Gasteiger partial charge < -0.3 is 4.90 Å². The standard InChI is InChI=1S/C9H17NO/c1-4-9-5-7(2)10(6-9)8(3)11/h7,9H,4-6H2,1-3H3. The van der Waals surface area contributed by atoms with E-state index >= 15 is 0 Å². The van der Waals surface area contributed by atoms with Gasteiger partial charge >= 0.3 is 0 Å². The van der Waals surface area contributed by atoms with Crippen molar-refractivity contribution in [1.82, 2.24) is 4.90 Å². The Morgan fingerprint density at radius 2 is 2.27 bits per heavy atom. The molecule has 1 aliphatic rings. The first-order valence-electron chi connectivity index (χ1n) is 4.42. The van der Waals surface area contributed by atoms with E-state index in [9.17, 15) is 4.79 Å².